The number of aliphatic imine (C=N–C) groups is 1. The second kappa shape index (κ2) is 11.4. The summed E-state index contributed by atoms with van der Waals surface area (Å²) < 4.78 is 0. The molecule has 0 aromatic heterocycles. The van der Waals surface area contributed by atoms with E-state index < -0.39 is 0 Å². The fraction of sp³-hybridized carbons (Fsp3) is 0.524. The Morgan fingerprint density at radius 2 is 2.07 bits per heavy atom. The zero-order valence-corrected chi connectivity index (χ0v) is 18.1. The van der Waals surface area contributed by atoms with E-state index in [1.54, 1.807) is 5.01 Å². The second-order valence-corrected chi connectivity index (χ2v) is 7.25. The van der Waals surface area contributed by atoms with Crippen LogP contribution in [0.1, 0.15) is 52.0 Å². The smallest absolute Gasteiger partial charge is 0.228 e. The molecule has 0 saturated heterocycles. The number of likely N-dealkylation sites (N-methyl/N-ethyl adjacent to an activating group) is 1. The summed E-state index contributed by atoms with van der Waals surface area (Å²) in [4.78, 5) is 19.1. The number of unbranched alkanes of at least 4 members (excludes halogenated alkanes) is 1. The molecule has 1 aliphatic heterocycles. The molecule has 1 aliphatic rings. The molecule has 0 bridgehead atoms. The number of amides is 1. The fourth-order valence-corrected chi connectivity index (χ4v) is 3.37. The van der Waals surface area contributed by atoms with Crippen molar-refractivity contribution < 1.29 is 4.79 Å². The van der Waals surface area contributed by atoms with E-state index in [2.05, 4.69) is 17.2 Å². The molecule has 0 saturated carbocycles. The first-order chi connectivity index (χ1) is 14.0. The SMILES string of the molecule is CCCCN=C(NC#N)N1CC(N(CC)C(=O)CCC)C(c2ccc(Cl)cc2)=N1. The Bertz CT molecular complexity index is 783. The zero-order valence-electron chi connectivity index (χ0n) is 17.4. The van der Waals surface area contributed by atoms with E-state index in [1.165, 1.54) is 0 Å². The van der Waals surface area contributed by atoms with Gasteiger partial charge in [-0.3, -0.25) is 15.1 Å². The number of guanidine groups is 1. The van der Waals surface area contributed by atoms with Gasteiger partial charge in [-0.1, -0.05) is 44.0 Å². The highest BCUT2D eigenvalue weighted by molar-refractivity contribution is 6.30. The van der Waals surface area contributed by atoms with Crippen molar-refractivity contribution in [2.24, 2.45) is 10.1 Å². The Balaban J connectivity index is 2.40. The molecule has 8 heteroatoms. The quantitative estimate of drug-likeness (QED) is 0.231. The summed E-state index contributed by atoms with van der Waals surface area (Å²) in [6.45, 7) is 7.70. The molecule has 1 amide bonds. The van der Waals surface area contributed by atoms with Gasteiger partial charge in [-0.15, -0.1) is 0 Å². The average molecular weight is 417 g/mol. The predicted octanol–water partition coefficient (Wildman–Crippen LogP) is 3.60. The summed E-state index contributed by atoms with van der Waals surface area (Å²) in [5.74, 6) is 0.509. The van der Waals surface area contributed by atoms with Gasteiger partial charge in [-0.25, -0.2) is 5.01 Å². The molecular formula is C21H29ClN6O. The van der Waals surface area contributed by atoms with Crippen molar-refractivity contribution in [3.05, 3.63) is 34.9 Å². The van der Waals surface area contributed by atoms with Crippen molar-refractivity contribution in [1.29, 1.82) is 5.26 Å². The van der Waals surface area contributed by atoms with Crippen LogP contribution in [-0.4, -0.2) is 53.2 Å². The van der Waals surface area contributed by atoms with Gasteiger partial charge < -0.3 is 4.90 Å². The Morgan fingerprint density at radius 3 is 2.66 bits per heavy atom. The lowest BCUT2D eigenvalue weighted by Crippen LogP contribution is -2.48. The molecule has 1 unspecified atom stereocenters. The van der Waals surface area contributed by atoms with Crippen LogP contribution in [0.3, 0.4) is 0 Å². The van der Waals surface area contributed by atoms with Crippen molar-refractivity contribution in [3.63, 3.8) is 0 Å². The number of hydrazone groups is 1. The van der Waals surface area contributed by atoms with Crippen LogP contribution < -0.4 is 5.32 Å². The Labute approximate surface area is 178 Å². The predicted molar refractivity (Wildman–Crippen MR) is 117 cm³/mol. The molecule has 2 rings (SSSR count). The molecule has 1 aromatic rings. The van der Waals surface area contributed by atoms with Crippen molar-refractivity contribution in [2.45, 2.75) is 52.5 Å². The summed E-state index contributed by atoms with van der Waals surface area (Å²) >= 11 is 6.05. The van der Waals surface area contributed by atoms with E-state index in [1.807, 2.05) is 49.2 Å². The van der Waals surface area contributed by atoms with E-state index in [-0.39, 0.29) is 11.9 Å². The Kier molecular flexibility index (Phi) is 8.94. The molecular weight excluding hydrogens is 388 g/mol. The third kappa shape index (κ3) is 5.94. The van der Waals surface area contributed by atoms with Crippen LogP contribution in [-0.2, 0) is 4.79 Å². The van der Waals surface area contributed by atoms with Crippen LogP contribution in [0.4, 0.5) is 0 Å². The maximum absolute atomic E-state index is 12.7. The maximum atomic E-state index is 12.7. The number of hydrogen-bond acceptors (Lipinski definition) is 4. The number of benzene rings is 1. The van der Waals surface area contributed by atoms with Crippen LogP contribution in [0.2, 0.25) is 5.02 Å². The van der Waals surface area contributed by atoms with E-state index >= 15 is 0 Å². The molecule has 1 N–H and O–H groups in total. The van der Waals surface area contributed by atoms with Crippen LogP contribution in [0.5, 0.6) is 0 Å². The first-order valence-corrected chi connectivity index (χ1v) is 10.5. The molecule has 0 spiro atoms. The lowest BCUT2D eigenvalue weighted by molar-refractivity contribution is -0.132. The number of nitriles is 1. The van der Waals surface area contributed by atoms with E-state index in [0.717, 1.165) is 30.5 Å². The number of halogens is 1. The van der Waals surface area contributed by atoms with Gasteiger partial charge in [0.2, 0.25) is 11.9 Å². The Hall–Kier alpha value is -2.59. The monoisotopic (exact) mass is 416 g/mol. The number of rotatable bonds is 8. The number of carbonyl (C=O) groups is 1. The van der Waals surface area contributed by atoms with E-state index in [9.17, 15) is 4.79 Å². The van der Waals surface area contributed by atoms with Gasteiger partial charge in [0.1, 0.15) is 0 Å². The molecule has 29 heavy (non-hydrogen) atoms. The molecule has 0 fully saturated rings. The largest absolute Gasteiger partial charge is 0.332 e. The van der Waals surface area contributed by atoms with Crippen molar-refractivity contribution in [2.75, 3.05) is 19.6 Å². The summed E-state index contributed by atoms with van der Waals surface area (Å²) in [5, 5.41) is 18.9. The van der Waals surface area contributed by atoms with Crippen LogP contribution in [0.15, 0.2) is 34.4 Å². The molecule has 1 aromatic carbocycles. The number of carbonyl (C=O) groups excluding carboxylic acids is 1. The molecule has 7 nitrogen and oxygen atoms in total. The van der Waals surface area contributed by atoms with Crippen molar-refractivity contribution in [3.8, 4) is 6.19 Å². The zero-order chi connectivity index (χ0) is 21.2. The Morgan fingerprint density at radius 1 is 1.34 bits per heavy atom. The standard InChI is InChI=1S/C21H29ClN6O/c1-4-7-13-24-21(25-15-23)28-14-18(27(6-3)19(29)8-5-2)20(26-28)16-9-11-17(22)12-10-16/h9-12,18H,4-8,13-14H2,1-3H3,(H,24,25). The van der Waals surface area contributed by atoms with Crippen LogP contribution >= 0.6 is 11.6 Å². The molecule has 1 atom stereocenters. The maximum Gasteiger partial charge on any atom is 0.228 e. The lowest BCUT2D eigenvalue weighted by Gasteiger charge is -2.29. The average Bonchev–Trinajstić information content (AvgIpc) is 3.13. The summed E-state index contributed by atoms with van der Waals surface area (Å²) in [5.41, 5.74) is 1.67. The first-order valence-electron chi connectivity index (χ1n) is 10.2. The molecule has 1 heterocycles. The number of nitrogens with one attached hydrogen (secondary N) is 1. The van der Waals surface area contributed by atoms with Gasteiger partial charge in [-0.05, 0) is 31.9 Å². The highest BCUT2D eigenvalue weighted by atomic mass is 35.5. The second-order valence-electron chi connectivity index (χ2n) is 6.82. The lowest BCUT2D eigenvalue weighted by atomic mass is 10.0. The van der Waals surface area contributed by atoms with Gasteiger partial charge >= 0.3 is 0 Å². The van der Waals surface area contributed by atoms with E-state index in [4.69, 9.17) is 22.0 Å². The minimum Gasteiger partial charge on any atom is -0.332 e. The van der Waals surface area contributed by atoms with Crippen molar-refractivity contribution in [1.82, 2.24) is 15.2 Å². The van der Waals surface area contributed by atoms with E-state index in [0.29, 0.717) is 37.0 Å². The van der Waals surface area contributed by atoms with Crippen LogP contribution in [0, 0.1) is 11.5 Å². The topological polar surface area (TPSA) is 84.1 Å². The normalized spacial score (nSPS) is 16.4. The molecule has 0 aliphatic carbocycles. The number of hydrogen-bond donors (Lipinski definition) is 1. The minimum atomic E-state index is -0.225. The van der Waals surface area contributed by atoms with Gasteiger partial charge in [-0.2, -0.15) is 10.4 Å². The van der Waals surface area contributed by atoms with Gasteiger partial charge in [0.15, 0.2) is 6.19 Å². The molecule has 156 valence electrons. The van der Waals surface area contributed by atoms with Gasteiger partial charge in [0.05, 0.1) is 18.3 Å². The third-order valence-corrected chi connectivity index (χ3v) is 4.97. The third-order valence-electron chi connectivity index (χ3n) is 4.72. The van der Waals surface area contributed by atoms with Gasteiger partial charge in [0.25, 0.3) is 0 Å². The summed E-state index contributed by atoms with van der Waals surface area (Å²) in [7, 11) is 0. The number of nitrogens with zero attached hydrogens (tertiary/aromatic N) is 5. The fourth-order valence-electron chi connectivity index (χ4n) is 3.25. The highest BCUT2D eigenvalue weighted by Gasteiger charge is 2.36. The van der Waals surface area contributed by atoms with Crippen LogP contribution in [0.25, 0.3) is 0 Å². The first kappa shape index (κ1) is 22.7. The minimum absolute atomic E-state index is 0.0984. The summed E-state index contributed by atoms with van der Waals surface area (Å²) in [6.07, 6.45) is 5.17. The summed E-state index contributed by atoms with van der Waals surface area (Å²) in [6, 6.07) is 7.21. The van der Waals surface area contributed by atoms with Crippen molar-refractivity contribution >= 4 is 29.2 Å². The molecule has 0 radical (unpaired) electrons. The highest BCUT2D eigenvalue weighted by Crippen LogP contribution is 2.22. The van der Waals surface area contributed by atoms with Gasteiger partial charge in [0, 0.05) is 30.1 Å².